The number of allylic oxidation sites excluding steroid dienone is 3. The van der Waals surface area contributed by atoms with Crippen LogP contribution in [0.15, 0.2) is 29.9 Å². The normalized spacial score (nSPS) is 14.3. The smallest absolute Gasteiger partial charge is 0.190 e. The Morgan fingerprint density at radius 2 is 1.74 bits per heavy atom. The Bertz CT molecular complexity index is 709. The second kappa shape index (κ2) is 6.79. The average Bonchev–Trinajstić information content (AvgIpc) is 2.54. The van der Waals surface area contributed by atoms with Gasteiger partial charge in [-0.2, -0.15) is 0 Å². The number of methoxy groups -OCH3 is 2. The van der Waals surface area contributed by atoms with Crippen molar-refractivity contribution in [3.05, 3.63) is 46.6 Å². The van der Waals surface area contributed by atoms with Crippen LogP contribution in [0.2, 0.25) is 0 Å². The van der Waals surface area contributed by atoms with Crippen LogP contribution in [0.1, 0.15) is 52.7 Å². The zero-order valence-electron chi connectivity index (χ0n) is 13.7. The van der Waals surface area contributed by atoms with E-state index in [1.165, 1.54) is 26.4 Å². The first-order chi connectivity index (χ1) is 10.9. The predicted molar refractivity (Wildman–Crippen MR) is 86.4 cm³/mol. The van der Waals surface area contributed by atoms with Gasteiger partial charge < -0.3 is 14.6 Å². The van der Waals surface area contributed by atoms with Crippen molar-refractivity contribution in [2.45, 2.75) is 26.4 Å². The Morgan fingerprint density at radius 3 is 2.26 bits per heavy atom. The highest BCUT2D eigenvalue weighted by Crippen LogP contribution is 2.40. The first-order valence-electron chi connectivity index (χ1n) is 7.27. The van der Waals surface area contributed by atoms with Gasteiger partial charge >= 0.3 is 0 Å². The molecule has 0 amide bonds. The van der Waals surface area contributed by atoms with Crippen molar-refractivity contribution < 1.29 is 24.2 Å². The lowest BCUT2D eigenvalue weighted by Crippen LogP contribution is -2.17. The number of ether oxygens (including phenoxy) is 2. The fraction of sp³-hybridized carbons (Fsp3) is 0.333. The minimum Gasteiger partial charge on any atom is -0.496 e. The van der Waals surface area contributed by atoms with Crippen LogP contribution in [0.3, 0.4) is 0 Å². The lowest BCUT2D eigenvalue weighted by molar-refractivity contribution is 0.0987. The first-order valence-corrected chi connectivity index (χ1v) is 7.27. The molecular formula is C18H20O5. The fourth-order valence-electron chi connectivity index (χ4n) is 2.56. The maximum absolute atomic E-state index is 12.3. The number of ketones is 2. The third kappa shape index (κ3) is 3.19. The molecule has 0 aromatic heterocycles. The number of aliphatic hydroxyl groups is 1. The lowest BCUT2D eigenvalue weighted by Gasteiger charge is -2.22. The van der Waals surface area contributed by atoms with Gasteiger partial charge in [-0.25, -0.2) is 0 Å². The zero-order chi connectivity index (χ0) is 17.1. The molecule has 1 aromatic carbocycles. The molecule has 23 heavy (non-hydrogen) atoms. The van der Waals surface area contributed by atoms with Crippen LogP contribution in [0.25, 0.3) is 0 Å². The van der Waals surface area contributed by atoms with Crippen LogP contribution < -0.4 is 9.47 Å². The van der Waals surface area contributed by atoms with E-state index in [1.54, 1.807) is 6.07 Å². The van der Waals surface area contributed by atoms with E-state index in [0.717, 1.165) is 5.57 Å². The number of carbonyl (C=O) groups is 2. The number of hydrogen-bond acceptors (Lipinski definition) is 5. The molecule has 1 atom stereocenters. The molecule has 0 heterocycles. The van der Waals surface area contributed by atoms with Crippen molar-refractivity contribution in [2.75, 3.05) is 14.2 Å². The summed E-state index contributed by atoms with van der Waals surface area (Å²) in [6.45, 7) is 3.87. The van der Waals surface area contributed by atoms with Gasteiger partial charge in [0.1, 0.15) is 11.5 Å². The Kier molecular flexibility index (Phi) is 5.01. The number of carbonyl (C=O) groups excluding carboxylic acids is 2. The minimum absolute atomic E-state index is 0.144. The third-order valence-corrected chi connectivity index (χ3v) is 3.68. The number of aliphatic hydroxyl groups excluding tert-OH is 1. The summed E-state index contributed by atoms with van der Waals surface area (Å²) in [6, 6.07) is 1.56. The molecule has 0 saturated carbocycles. The summed E-state index contributed by atoms with van der Waals surface area (Å²) in [5.74, 6) is -0.181. The van der Waals surface area contributed by atoms with Crippen LogP contribution >= 0.6 is 0 Å². The standard InChI is InChI=1S/C18H20O5/c1-10(2)5-6-12(19)11-9-15(22-3)16-13(20)7-8-14(21)17(16)18(11)23-4/h5,7-9,12,19H,6H2,1-4H3. The van der Waals surface area contributed by atoms with Gasteiger partial charge in [0.15, 0.2) is 11.6 Å². The topological polar surface area (TPSA) is 72.8 Å². The van der Waals surface area contributed by atoms with Crippen molar-refractivity contribution >= 4 is 11.6 Å². The average molecular weight is 316 g/mol. The van der Waals surface area contributed by atoms with Crippen molar-refractivity contribution in [1.29, 1.82) is 0 Å². The number of benzene rings is 1. The van der Waals surface area contributed by atoms with Crippen molar-refractivity contribution in [3.8, 4) is 11.5 Å². The van der Waals surface area contributed by atoms with Gasteiger partial charge in [-0.3, -0.25) is 9.59 Å². The minimum atomic E-state index is -0.868. The van der Waals surface area contributed by atoms with Gasteiger partial charge in [-0.05, 0) is 38.5 Å². The largest absolute Gasteiger partial charge is 0.496 e. The van der Waals surface area contributed by atoms with E-state index in [4.69, 9.17) is 9.47 Å². The van der Waals surface area contributed by atoms with Crippen molar-refractivity contribution in [2.24, 2.45) is 0 Å². The molecule has 1 aliphatic carbocycles. The Morgan fingerprint density at radius 1 is 1.13 bits per heavy atom. The highest BCUT2D eigenvalue weighted by molar-refractivity contribution is 6.24. The van der Waals surface area contributed by atoms with E-state index in [1.807, 2.05) is 19.9 Å². The van der Waals surface area contributed by atoms with Gasteiger partial charge in [0, 0.05) is 5.56 Å². The van der Waals surface area contributed by atoms with Crippen molar-refractivity contribution in [1.82, 2.24) is 0 Å². The molecule has 0 spiro atoms. The Balaban J connectivity index is 2.66. The SMILES string of the molecule is COc1cc(C(O)CC=C(C)C)c(OC)c2c1C(=O)C=CC2=O. The third-order valence-electron chi connectivity index (χ3n) is 3.68. The summed E-state index contributed by atoms with van der Waals surface area (Å²) in [5.41, 5.74) is 1.82. The van der Waals surface area contributed by atoms with E-state index in [2.05, 4.69) is 0 Å². The maximum Gasteiger partial charge on any atom is 0.190 e. The molecule has 0 bridgehead atoms. The van der Waals surface area contributed by atoms with E-state index in [0.29, 0.717) is 12.0 Å². The van der Waals surface area contributed by atoms with Crippen LogP contribution in [0, 0.1) is 0 Å². The highest BCUT2D eigenvalue weighted by atomic mass is 16.5. The molecule has 122 valence electrons. The number of rotatable bonds is 5. The van der Waals surface area contributed by atoms with Gasteiger partial charge in [0.2, 0.25) is 0 Å². The van der Waals surface area contributed by atoms with Crippen LogP contribution in [0.4, 0.5) is 0 Å². The lowest BCUT2D eigenvalue weighted by atomic mass is 9.88. The summed E-state index contributed by atoms with van der Waals surface area (Å²) in [4.78, 5) is 24.4. The van der Waals surface area contributed by atoms with E-state index in [-0.39, 0.29) is 34.2 Å². The molecular weight excluding hydrogens is 296 g/mol. The first kappa shape index (κ1) is 17.0. The molecule has 0 saturated heterocycles. The predicted octanol–water partition coefficient (Wildman–Crippen LogP) is 3.03. The highest BCUT2D eigenvalue weighted by Gasteiger charge is 2.31. The summed E-state index contributed by atoms with van der Waals surface area (Å²) < 4.78 is 10.6. The van der Waals surface area contributed by atoms with Crippen LogP contribution in [-0.2, 0) is 0 Å². The van der Waals surface area contributed by atoms with Crippen LogP contribution in [-0.4, -0.2) is 30.9 Å². The van der Waals surface area contributed by atoms with Gasteiger partial charge in [-0.1, -0.05) is 11.6 Å². The summed E-state index contributed by atoms with van der Waals surface area (Å²) in [6.07, 6.45) is 3.82. The summed E-state index contributed by atoms with van der Waals surface area (Å²) in [7, 11) is 2.83. The second-order valence-corrected chi connectivity index (χ2v) is 5.55. The molecule has 5 nitrogen and oxygen atoms in total. The van der Waals surface area contributed by atoms with E-state index < -0.39 is 6.10 Å². The molecule has 5 heteroatoms. The number of fused-ring (bicyclic) bond motifs is 1. The second-order valence-electron chi connectivity index (χ2n) is 5.55. The monoisotopic (exact) mass is 316 g/mol. The molecule has 2 rings (SSSR count). The fourth-order valence-corrected chi connectivity index (χ4v) is 2.56. The number of hydrogen-bond donors (Lipinski definition) is 1. The Labute approximate surface area is 135 Å². The maximum atomic E-state index is 12.3. The van der Waals surface area contributed by atoms with Gasteiger partial charge in [0.05, 0.1) is 31.5 Å². The Hall–Kier alpha value is -2.40. The van der Waals surface area contributed by atoms with E-state index in [9.17, 15) is 14.7 Å². The summed E-state index contributed by atoms with van der Waals surface area (Å²) >= 11 is 0. The molecule has 1 aromatic rings. The van der Waals surface area contributed by atoms with Gasteiger partial charge in [0.25, 0.3) is 0 Å². The molecule has 0 radical (unpaired) electrons. The molecule has 1 unspecified atom stereocenters. The van der Waals surface area contributed by atoms with Gasteiger partial charge in [-0.15, -0.1) is 0 Å². The quantitative estimate of drug-likeness (QED) is 0.845. The zero-order valence-corrected chi connectivity index (χ0v) is 13.7. The molecule has 1 aliphatic rings. The van der Waals surface area contributed by atoms with Crippen LogP contribution in [0.5, 0.6) is 11.5 Å². The molecule has 0 fully saturated rings. The molecule has 1 N–H and O–H groups in total. The van der Waals surface area contributed by atoms with E-state index >= 15 is 0 Å². The van der Waals surface area contributed by atoms with Crippen molar-refractivity contribution in [3.63, 3.8) is 0 Å². The summed E-state index contributed by atoms with van der Waals surface area (Å²) in [5, 5.41) is 10.5. The molecule has 0 aliphatic heterocycles.